The smallest absolute Gasteiger partial charge is 0.262 e. The van der Waals surface area contributed by atoms with Gasteiger partial charge in [0.1, 0.15) is 5.75 Å². The van der Waals surface area contributed by atoms with Crippen molar-refractivity contribution in [3.63, 3.8) is 0 Å². The molecule has 21 heavy (non-hydrogen) atoms. The maximum absolute atomic E-state index is 13.0. The van der Waals surface area contributed by atoms with Gasteiger partial charge >= 0.3 is 0 Å². The zero-order valence-electron chi connectivity index (χ0n) is 12.2. The summed E-state index contributed by atoms with van der Waals surface area (Å²) < 4.78 is 31.3. The fourth-order valence-corrected chi connectivity index (χ4v) is 2.45. The molecular formula is C15H20F2N2O2. The molecule has 1 fully saturated rings. The van der Waals surface area contributed by atoms with Crippen LogP contribution in [0.1, 0.15) is 17.5 Å². The van der Waals surface area contributed by atoms with Crippen LogP contribution in [-0.2, 0) is 11.2 Å². The number of hydrogen-bond donors (Lipinski definition) is 2. The molecule has 1 aromatic carbocycles. The molecule has 1 saturated heterocycles. The summed E-state index contributed by atoms with van der Waals surface area (Å²) >= 11 is 0. The number of amides is 1. The maximum atomic E-state index is 13.0. The van der Waals surface area contributed by atoms with Gasteiger partial charge in [-0.15, -0.1) is 0 Å². The molecule has 4 nitrogen and oxygen atoms in total. The normalized spacial score (nSPS) is 20.3. The van der Waals surface area contributed by atoms with Crippen LogP contribution in [0, 0.1) is 6.92 Å². The second kappa shape index (κ2) is 6.39. The van der Waals surface area contributed by atoms with E-state index in [1.807, 2.05) is 25.1 Å². The lowest BCUT2D eigenvalue weighted by Crippen LogP contribution is -2.41. The molecule has 1 heterocycles. The van der Waals surface area contributed by atoms with Crippen LogP contribution < -0.4 is 15.4 Å². The van der Waals surface area contributed by atoms with E-state index >= 15 is 0 Å². The van der Waals surface area contributed by atoms with Crippen molar-refractivity contribution < 1.29 is 18.3 Å². The Labute approximate surface area is 122 Å². The topological polar surface area (TPSA) is 50.4 Å². The third kappa shape index (κ3) is 4.14. The van der Waals surface area contributed by atoms with E-state index in [1.54, 1.807) is 7.11 Å². The molecule has 0 bridgehead atoms. The molecule has 116 valence electrons. The SMILES string of the molecule is COc1ccc(C)cc1CCNC(=O)C1CC(F)(F)CN1. The molecular weight excluding hydrogens is 278 g/mol. The summed E-state index contributed by atoms with van der Waals surface area (Å²) in [4.78, 5) is 11.8. The number of nitrogens with one attached hydrogen (secondary N) is 2. The highest BCUT2D eigenvalue weighted by Crippen LogP contribution is 2.25. The molecule has 2 N–H and O–H groups in total. The van der Waals surface area contributed by atoms with Crippen LogP contribution in [0.25, 0.3) is 0 Å². The molecule has 1 amide bonds. The van der Waals surface area contributed by atoms with Crippen molar-refractivity contribution in [1.82, 2.24) is 10.6 Å². The number of alkyl halides is 2. The van der Waals surface area contributed by atoms with E-state index in [2.05, 4.69) is 10.6 Å². The fourth-order valence-electron chi connectivity index (χ4n) is 2.45. The van der Waals surface area contributed by atoms with Gasteiger partial charge in [-0.1, -0.05) is 17.7 Å². The molecule has 2 rings (SSSR count). The first-order chi connectivity index (χ1) is 9.91. The zero-order valence-corrected chi connectivity index (χ0v) is 12.2. The number of hydrogen-bond acceptors (Lipinski definition) is 3. The lowest BCUT2D eigenvalue weighted by molar-refractivity contribution is -0.123. The number of rotatable bonds is 5. The van der Waals surface area contributed by atoms with Gasteiger partial charge in [0.2, 0.25) is 5.91 Å². The Bertz CT molecular complexity index is 520. The summed E-state index contributed by atoms with van der Waals surface area (Å²) in [6.45, 7) is 1.94. The Kier molecular flexibility index (Phi) is 4.77. The van der Waals surface area contributed by atoms with Gasteiger partial charge in [-0.2, -0.15) is 0 Å². The molecule has 0 spiro atoms. The third-order valence-corrected chi connectivity index (χ3v) is 3.56. The predicted molar refractivity (Wildman–Crippen MR) is 75.8 cm³/mol. The standard InChI is InChI=1S/C15H20F2N2O2/c1-10-3-4-13(21-2)11(7-10)5-6-18-14(20)12-8-15(16,17)9-19-12/h3-4,7,12,19H,5-6,8-9H2,1-2H3,(H,18,20). The summed E-state index contributed by atoms with van der Waals surface area (Å²) in [5.41, 5.74) is 2.09. The number of methoxy groups -OCH3 is 1. The van der Waals surface area contributed by atoms with Crippen molar-refractivity contribution >= 4 is 5.91 Å². The Morgan fingerprint density at radius 1 is 1.52 bits per heavy atom. The summed E-state index contributed by atoms with van der Waals surface area (Å²) in [7, 11) is 1.59. The number of halogens is 2. The minimum absolute atomic E-state index is 0.376. The van der Waals surface area contributed by atoms with E-state index in [1.165, 1.54) is 0 Å². The van der Waals surface area contributed by atoms with Crippen molar-refractivity contribution in [1.29, 1.82) is 0 Å². The quantitative estimate of drug-likeness (QED) is 0.869. The predicted octanol–water partition coefficient (Wildman–Crippen LogP) is 1.66. The number of carbonyl (C=O) groups is 1. The highest BCUT2D eigenvalue weighted by Gasteiger charge is 2.42. The van der Waals surface area contributed by atoms with Gasteiger partial charge in [0, 0.05) is 13.0 Å². The second-order valence-corrected chi connectivity index (χ2v) is 5.35. The lowest BCUT2D eigenvalue weighted by Gasteiger charge is -2.13. The largest absolute Gasteiger partial charge is 0.496 e. The zero-order chi connectivity index (χ0) is 15.5. The summed E-state index contributed by atoms with van der Waals surface area (Å²) in [5.74, 6) is -2.40. The van der Waals surface area contributed by atoms with E-state index in [4.69, 9.17) is 4.74 Å². The maximum Gasteiger partial charge on any atom is 0.262 e. The summed E-state index contributed by atoms with van der Waals surface area (Å²) in [5, 5.41) is 5.23. The second-order valence-electron chi connectivity index (χ2n) is 5.35. The molecule has 1 aromatic rings. The number of benzene rings is 1. The number of carbonyl (C=O) groups excluding carboxylic acids is 1. The first kappa shape index (κ1) is 15.7. The Morgan fingerprint density at radius 2 is 2.29 bits per heavy atom. The van der Waals surface area contributed by atoms with Crippen molar-refractivity contribution in [2.45, 2.75) is 31.7 Å². The van der Waals surface area contributed by atoms with E-state index in [9.17, 15) is 13.6 Å². The van der Waals surface area contributed by atoms with Gasteiger partial charge in [0.05, 0.1) is 19.7 Å². The van der Waals surface area contributed by atoms with Gasteiger partial charge in [-0.05, 0) is 25.0 Å². The summed E-state index contributed by atoms with van der Waals surface area (Å²) in [6, 6.07) is 5.02. The van der Waals surface area contributed by atoms with Gasteiger partial charge in [0.25, 0.3) is 5.92 Å². The van der Waals surface area contributed by atoms with Crippen molar-refractivity contribution in [3.05, 3.63) is 29.3 Å². The molecule has 1 unspecified atom stereocenters. The Hall–Kier alpha value is -1.69. The molecule has 0 aromatic heterocycles. The molecule has 6 heteroatoms. The van der Waals surface area contributed by atoms with Crippen LogP contribution in [0.3, 0.4) is 0 Å². The average molecular weight is 298 g/mol. The van der Waals surface area contributed by atoms with Gasteiger partial charge in [-0.25, -0.2) is 8.78 Å². The minimum Gasteiger partial charge on any atom is -0.496 e. The van der Waals surface area contributed by atoms with Crippen LogP contribution >= 0.6 is 0 Å². The first-order valence-electron chi connectivity index (χ1n) is 6.94. The van der Waals surface area contributed by atoms with Gasteiger partial charge < -0.3 is 10.1 Å². The van der Waals surface area contributed by atoms with Crippen molar-refractivity contribution in [3.8, 4) is 5.75 Å². The monoisotopic (exact) mass is 298 g/mol. The molecule has 1 atom stereocenters. The highest BCUT2D eigenvalue weighted by molar-refractivity contribution is 5.82. The van der Waals surface area contributed by atoms with Crippen LogP contribution in [0.4, 0.5) is 8.78 Å². The third-order valence-electron chi connectivity index (χ3n) is 3.56. The number of ether oxygens (including phenoxy) is 1. The van der Waals surface area contributed by atoms with E-state index < -0.39 is 24.9 Å². The average Bonchev–Trinajstić information content (AvgIpc) is 2.79. The highest BCUT2D eigenvalue weighted by atomic mass is 19.3. The summed E-state index contributed by atoms with van der Waals surface area (Å²) in [6.07, 6.45) is 0.159. The fraction of sp³-hybridized carbons (Fsp3) is 0.533. The van der Waals surface area contributed by atoms with Gasteiger partial charge in [0.15, 0.2) is 0 Å². The van der Waals surface area contributed by atoms with E-state index in [0.717, 1.165) is 16.9 Å². The molecule has 0 saturated carbocycles. The molecule has 1 aliphatic rings. The molecule has 1 aliphatic heterocycles. The first-order valence-corrected chi connectivity index (χ1v) is 6.94. The van der Waals surface area contributed by atoms with E-state index in [0.29, 0.717) is 13.0 Å². The van der Waals surface area contributed by atoms with Crippen LogP contribution in [0.2, 0.25) is 0 Å². The van der Waals surface area contributed by atoms with Crippen LogP contribution in [0.5, 0.6) is 5.75 Å². The minimum atomic E-state index is -2.79. The molecule has 0 radical (unpaired) electrons. The van der Waals surface area contributed by atoms with Gasteiger partial charge in [-0.3, -0.25) is 10.1 Å². The van der Waals surface area contributed by atoms with Crippen LogP contribution in [-0.4, -0.2) is 38.1 Å². The lowest BCUT2D eigenvalue weighted by atomic mass is 10.1. The Balaban J connectivity index is 1.84. The number of aryl methyl sites for hydroxylation is 1. The van der Waals surface area contributed by atoms with Crippen molar-refractivity contribution in [2.75, 3.05) is 20.2 Å². The Morgan fingerprint density at radius 3 is 2.90 bits per heavy atom. The molecule has 0 aliphatic carbocycles. The van der Waals surface area contributed by atoms with Crippen molar-refractivity contribution in [2.24, 2.45) is 0 Å². The van der Waals surface area contributed by atoms with E-state index in [-0.39, 0.29) is 5.91 Å². The van der Waals surface area contributed by atoms with Crippen LogP contribution in [0.15, 0.2) is 18.2 Å².